The SMILES string of the molecule is B=BO[C@@H]1[C@H](OC(=O)c2ccccc2)[C@@H](CO)C[C@H]1Nc1cc(C)nc2cc(-c3ccccc3)nn12. The van der Waals surface area contributed by atoms with Crippen LogP contribution in [0.3, 0.4) is 0 Å². The van der Waals surface area contributed by atoms with Gasteiger partial charge in [0.1, 0.15) is 0 Å². The summed E-state index contributed by atoms with van der Waals surface area (Å²) >= 11 is 0. The number of aliphatic hydroxyl groups excluding tert-OH is 1. The molecule has 0 bridgehead atoms. The van der Waals surface area contributed by atoms with Gasteiger partial charge < -0.3 is 0 Å². The zero-order chi connectivity index (χ0) is 25.1. The fraction of sp³-hybridized carbons (Fsp3) is 0.269. The summed E-state index contributed by atoms with van der Waals surface area (Å²) in [6.07, 6.45) is -0.689. The Morgan fingerprint density at radius 3 is 2.56 bits per heavy atom. The number of aromatic nitrogens is 3. The molecule has 0 amide bonds. The van der Waals surface area contributed by atoms with Gasteiger partial charge in [0.2, 0.25) is 0 Å². The Hall–Kier alpha value is -3.78. The molecule has 10 heteroatoms. The minimum absolute atomic E-state index is 0.146. The molecule has 0 spiro atoms. The van der Waals surface area contributed by atoms with Crippen LogP contribution in [-0.2, 0) is 9.39 Å². The summed E-state index contributed by atoms with van der Waals surface area (Å²) in [6, 6.07) is 22.3. The van der Waals surface area contributed by atoms with E-state index in [0.29, 0.717) is 17.6 Å². The van der Waals surface area contributed by atoms with E-state index in [0.717, 1.165) is 22.8 Å². The molecular weight excluding hydrogens is 454 g/mol. The first-order chi connectivity index (χ1) is 17.6. The van der Waals surface area contributed by atoms with Crippen LogP contribution in [0.1, 0.15) is 22.5 Å². The zero-order valence-electron chi connectivity index (χ0n) is 19.9. The van der Waals surface area contributed by atoms with E-state index >= 15 is 0 Å². The maximum absolute atomic E-state index is 12.8. The standard InChI is InChI=1S/C26H26B2N4O4/c1-16-12-22(32-23(29-16)14-20(31-32)17-8-4-2-5-9-17)30-21-13-19(15-33)24(25(21)36-28-27)35-26(34)18-10-6-3-7-11-18/h2-12,14,19,21,24-25,27,30,33H,13,15H2,1H3/t19-,21-,24-,25+/m1/s1. The molecule has 0 saturated heterocycles. The molecule has 2 N–H and O–H groups in total. The summed E-state index contributed by atoms with van der Waals surface area (Å²) in [5.74, 6) is -0.0378. The Kier molecular flexibility index (Phi) is 6.95. The fourth-order valence-corrected chi connectivity index (χ4v) is 4.77. The van der Waals surface area contributed by atoms with Gasteiger partial charge in [-0.3, -0.25) is 0 Å². The number of fused-ring (bicyclic) bond motifs is 1. The van der Waals surface area contributed by atoms with Gasteiger partial charge in [0, 0.05) is 0 Å². The predicted molar refractivity (Wildman–Crippen MR) is 139 cm³/mol. The number of hydrogen-bond donors (Lipinski definition) is 2. The number of anilines is 1. The van der Waals surface area contributed by atoms with Crippen LogP contribution in [0.5, 0.6) is 0 Å². The van der Waals surface area contributed by atoms with E-state index in [9.17, 15) is 9.90 Å². The molecule has 0 aliphatic heterocycles. The molecule has 2 heterocycles. The van der Waals surface area contributed by atoms with Crippen LogP contribution in [0.15, 0.2) is 72.8 Å². The summed E-state index contributed by atoms with van der Waals surface area (Å²) in [7, 11) is 5.05. The third-order valence-electron chi connectivity index (χ3n) is 6.44. The van der Waals surface area contributed by atoms with Crippen molar-refractivity contribution in [2.45, 2.75) is 31.6 Å². The van der Waals surface area contributed by atoms with Crippen LogP contribution in [0, 0.1) is 12.8 Å². The number of esters is 1. The number of nitrogens with one attached hydrogen (secondary N) is 1. The van der Waals surface area contributed by atoms with Crippen molar-refractivity contribution in [3.05, 3.63) is 84.1 Å². The summed E-state index contributed by atoms with van der Waals surface area (Å²) in [5.41, 5.74) is 3.79. The van der Waals surface area contributed by atoms with Gasteiger partial charge in [-0.05, 0) is 0 Å². The van der Waals surface area contributed by atoms with Crippen molar-refractivity contribution < 1.29 is 19.3 Å². The van der Waals surface area contributed by atoms with E-state index < -0.39 is 18.2 Å². The molecule has 4 aromatic rings. The number of rotatable bonds is 8. The second-order valence-corrected chi connectivity index (χ2v) is 8.88. The molecule has 2 aromatic carbocycles. The quantitative estimate of drug-likeness (QED) is 0.296. The van der Waals surface area contributed by atoms with E-state index in [2.05, 4.69) is 17.7 Å². The van der Waals surface area contributed by atoms with Crippen LogP contribution in [-0.4, -0.2) is 64.9 Å². The van der Waals surface area contributed by atoms with Gasteiger partial charge in [0.25, 0.3) is 0 Å². The molecule has 2 aromatic heterocycles. The number of ether oxygens (including phenoxy) is 1. The van der Waals surface area contributed by atoms with Crippen molar-refractivity contribution in [1.29, 1.82) is 0 Å². The Morgan fingerprint density at radius 2 is 1.86 bits per heavy atom. The number of benzene rings is 2. The first kappa shape index (κ1) is 23.9. The fourth-order valence-electron chi connectivity index (χ4n) is 4.77. The second-order valence-electron chi connectivity index (χ2n) is 8.88. The molecule has 4 atom stereocenters. The molecule has 1 aliphatic rings. The maximum atomic E-state index is 12.8. The molecule has 8 nitrogen and oxygen atoms in total. The van der Waals surface area contributed by atoms with E-state index in [1.165, 1.54) is 7.00 Å². The van der Waals surface area contributed by atoms with Crippen LogP contribution in [0.25, 0.3) is 16.9 Å². The Labute approximate surface area is 210 Å². The van der Waals surface area contributed by atoms with Gasteiger partial charge in [-0.25, -0.2) is 0 Å². The second kappa shape index (κ2) is 10.5. The number of nitrogens with zero attached hydrogens (tertiary/aromatic N) is 3. The van der Waals surface area contributed by atoms with Crippen LogP contribution < -0.4 is 5.32 Å². The number of aryl methyl sites for hydroxylation is 1. The first-order valence-corrected chi connectivity index (χ1v) is 11.9. The van der Waals surface area contributed by atoms with E-state index in [4.69, 9.17) is 14.5 Å². The van der Waals surface area contributed by atoms with Gasteiger partial charge in [-0.15, -0.1) is 0 Å². The van der Waals surface area contributed by atoms with Crippen molar-refractivity contribution in [3.8, 4) is 11.3 Å². The van der Waals surface area contributed by atoms with Crippen LogP contribution in [0.2, 0.25) is 0 Å². The normalized spacial score (nSPS) is 21.1. The zero-order valence-corrected chi connectivity index (χ0v) is 19.9. The average Bonchev–Trinajstić information content (AvgIpc) is 3.47. The number of hydrogen-bond acceptors (Lipinski definition) is 7. The molecule has 5 rings (SSSR count). The van der Waals surface area contributed by atoms with Gasteiger partial charge in [0.05, 0.1) is 0 Å². The van der Waals surface area contributed by atoms with E-state index in [1.807, 2.05) is 55.5 Å². The molecular formula is C26H26B2N4O4. The van der Waals surface area contributed by atoms with Crippen molar-refractivity contribution >= 4 is 31.8 Å². The van der Waals surface area contributed by atoms with Crippen molar-refractivity contribution in [2.24, 2.45) is 5.92 Å². The number of aliphatic hydroxyl groups is 1. The monoisotopic (exact) mass is 480 g/mol. The molecule has 1 fully saturated rings. The number of carbonyl (C=O) groups excluding carboxylic acids is 1. The predicted octanol–water partition coefficient (Wildman–Crippen LogP) is 2.54. The summed E-state index contributed by atoms with van der Waals surface area (Å²) < 4.78 is 13.5. The minimum atomic E-state index is -0.658. The van der Waals surface area contributed by atoms with Gasteiger partial charge in [-0.1, -0.05) is 0 Å². The van der Waals surface area contributed by atoms with Crippen LogP contribution in [0.4, 0.5) is 5.82 Å². The molecule has 36 heavy (non-hydrogen) atoms. The Balaban J connectivity index is 1.44. The third kappa shape index (κ3) is 4.81. The van der Waals surface area contributed by atoms with E-state index in [-0.39, 0.29) is 18.6 Å². The van der Waals surface area contributed by atoms with Crippen molar-refractivity contribution in [1.82, 2.24) is 14.6 Å². The number of carbonyl (C=O) groups is 1. The van der Waals surface area contributed by atoms with Gasteiger partial charge >= 0.3 is 210 Å². The topological polar surface area (TPSA) is 98.0 Å². The van der Waals surface area contributed by atoms with Crippen molar-refractivity contribution in [3.63, 3.8) is 0 Å². The Bertz CT molecular complexity index is 1370. The molecule has 0 radical (unpaired) electrons. The van der Waals surface area contributed by atoms with Gasteiger partial charge in [0.15, 0.2) is 0 Å². The Morgan fingerprint density at radius 1 is 1.14 bits per heavy atom. The third-order valence-corrected chi connectivity index (χ3v) is 6.44. The molecule has 0 unspecified atom stereocenters. The van der Waals surface area contributed by atoms with Crippen LogP contribution >= 0.6 is 0 Å². The summed E-state index contributed by atoms with van der Waals surface area (Å²) in [5, 5.41) is 18.4. The summed E-state index contributed by atoms with van der Waals surface area (Å²) in [6.45, 7) is 1.78. The van der Waals surface area contributed by atoms with Crippen molar-refractivity contribution in [2.75, 3.05) is 11.9 Å². The van der Waals surface area contributed by atoms with Gasteiger partial charge in [-0.2, -0.15) is 0 Å². The van der Waals surface area contributed by atoms with E-state index in [1.54, 1.807) is 28.8 Å². The molecule has 1 aliphatic carbocycles. The summed E-state index contributed by atoms with van der Waals surface area (Å²) in [4.78, 5) is 17.4. The average molecular weight is 480 g/mol. The molecule has 1 saturated carbocycles. The molecule has 180 valence electrons. The first-order valence-electron chi connectivity index (χ1n) is 11.9.